The summed E-state index contributed by atoms with van der Waals surface area (Å²) >= 11 is 1.27. The van der Waals surface area contributed by atoms with E-state index < -0.39 is 5.97 Å². The number of thiazole rings is 1. The van der Waals surface area contributed by atoms with Crippen molar-refractivity contribution in [3.05, 3.63) is 16.1 Å². The van der Waals surface area contributed by atoms with E-state index in [1.165, 1.54) is 17.5 Å². The first-order valence-corrected chi connectivity index (χ1v) is 5.09. The maximum Gasteiger partial charge on any atom is 0.347 e. The van der Waals surface area contributed by atoms with Gasteiger partial charge in [-0.25, -0.2) is 9.78 Å². The van der Waals surface area contributed by atoms with Crippen molar-refractivity contribution in [3.8, 4) is 0 Å². The van der Waals surface area contributed by atoms with Crippen molar-refractivity contribution in [2.45, 2.75) is 26.7 Å². The number of carboxylic acids is 1. The third kappa shape index (κ3) is 3.14. The fraction of sp³-hybridized carbons (Fsp3) is 0.556. The molecule has 1 rings (SSSR count). The molecule has 0 amide bonds. The molecule has 0 fully saturated rings. The normalized spacial score (nSPS) is 10.7. The summed E-state index contributed by atoms with van der Waals surface area (Å²) in [6, 6.07) is 0. The number of aromatic nitrogens is 1. The van der Waals surface area contributed by atoms with Crippen molar-refractivity contribution < 1.29 is 9.90 Å². The highest BCUT2D eigenvalue weighted by Gasteiger charge is 2.08. The van der Waals surface area contributed by atoms with Gasteiger partial charge in [0.1, 0.15) is 4.88 Å². The summed E-state index contributed by atoms with van der Waals surface area (Å²) in [6.07, 6.45) is 3.38. The van der Waals surface area contributed by atoms with Crippen LogP contribution in [0.3, 0.4) is 0 Å². The van der Waals surface area contributed by atoms with Crippen molar-refractivity contribution in [2.24, 2.45) is 5.92 Å². The molecule has 4 heteroatoms. The van der Waals surface area contributed by atoms with Crippen LogP contribution in [0.25, 0.3) is 0 Å². The average Bonchev–Trinajstić information content (AvgIpc) is 2.48. The second-order valence-corrected chi connectivity index (χ2v) is 4.47. The smallest absolute Gasteiger partial charge is 0.347 e. The third-order valence-corrected chi connectivity index (χ3v) is 2.75. The third-order valence-electron chi connectivity index (χ3n) is 1.70. The van der Waals surface area contributed by atoms with Gasteiger partial charge in [0.25, 0.3) is 0 Å². The van der Waals surface area contributed by atoms with Crippen LogP contribution in [0.2, 0.25) is 0 Å². The quantitative estimate of drug-likeness (QED) is 0.810. The van der Waals surface area contributed by atoms with E-state index in [1.807, 2.05) is 0 Å². The van der Waals surface area contributed by atoms with Crippen LogP contribution >= 0.6 is 11.3 Å². The SMILES string of the molecule is CC(C)CCc1ncc(C(=O)O)s1. The van der Waals surface area contributed by atoms with Gasteiger partial charge in [-0.05, 0) is 18.8 Å². The highest BCUT2D eigenvalue weighted by Crippen LogP contribution is 2.16. The molecule has 0 aromatic carbocycles. The summed E-state index contributed by atoms with van der Waals surface area (Å²) in [7, 11) is 0. The monoisotopic (exact) mass is 199 g/mol. The van der Waals surface area contributed by atoms with Crippen LogP contribution in [0.5, 0.6) is 0 Å². The topological polar surface area (TPSA) is 50.2 Å². The molecular formula is C9H13NO2S. The van der Waals surface area contributed by atoms with Crippen molar-refractivity contribution in [1.82, 2.24) is 4.98 Å². The van der Waals surface area contributed by atoms with E-state index in [0.29, 0.717) is 10.8 Å². The molecule has 0 aliphatic heterocycles. The number of carboxylic acid groups (broad SMARTS) is 1. The number of aromatic carboxylic acids is 1. The van der Waals surface area contributed by atoms with E-state index in [9.17, 15) is 4.79 Å². The summed E-state index contributed by atoms with van der Waals surface area (Å²) < 4.78 is 0. The molecule has 0 unspecified atom stereocenters. The standard InChI is InChI=1S/C9H13NO2S/c1-6(2)3-4-8-10-5-7(13-8)9(11)12/h5-6H,3-4H2,1-2H3,(H,11,12). The van der Waals surface area contributed by atoms with E-state index in [1.54, 1.807) is 0 Å². The Kier molecular flexibility index (Phi) is 3.42. The van der Waals surface area contributed by atoms with Gasteiger partial charge >= 0.3 is 5.97 Å². The molecule has 72 valence electrons. The molecule has 0 aliphatic carbocycles. The molecular weight excluding hydrogens is 186 g/mol. The molecule has 0 spiro atoms. The van der Waals surface area contributed by atoms with E-state index in [0.717, 1.165) is 17.8 Å². The second kappa shape index (κ2) is 4.37. The molecule has 0 aliphatic rings. The Balaban J connectivity index is 2.54. The Labute approximate surface area is 81.4 Å². The fourth-order valence-corrected chi connectivity index (χ4v) is 1.71. The van der Waals surface area contributed by atoms with Crippen molar-refractivity contribution >= 4 is 17.3 Å². The van der Waals surface area contributed by atoms with Gasteiger partial charge in [0.15, 0.2) is 0 Å². The number of hydrogen-bond donors (Lipinski definition) is 1. The zero-order chi connectivity index (χ0) is 9.84. The summed E-state index contributed by atoms with van der Waals surface area (Å²) in [5.41, 5.74) is 0. The predicted molar refractivity (Wildman–Crippen MR) is 52.2 cm³/mol. The van der Waals surface area contributed by atoms with Gasteiger partial charge in [0.2, 0.25) is 0 Å². The summed E-state index contributed by atoms with van der Waals surface area (Å²) in [5, 5.41) is 9.57. The lowest BCUT2D eigenvalue weighted by molar-refractivity contribution is 0.0702. The fourth-order valence-electron chi connectivity index (χ4n) is 0.937. The van der Waals surface area contributed by atoms with Gasteiger partial charge < -0.3 is 5.11 Å². The summed E-state index contributed by atoms with van der Waals surface area (Å²) in [5.74, 6) is -0.245. The molecule has 1 heterocycles. The number of rotatable bonds is 4. The van der Waals surface area contributed by atoms with Crippen LogP contribution in [0, 0.1) is 5.92 Å². The molecule has 3 nitrogen and oxygen atoms in total. The van der Waals surface area contributed by atoms with Gasteiger partial charge in [-0.2, -0.15) is 0 Å². The molecule has 1 aromatic heterocycles. The van der Waals surface area contributed by atoms with Gasteiger partial charge in [-0.15, -0.1) is 11.3 Å². The van der Waals surface area contributed by atoms with Gasteiger partial charge in [-0.3, -0.25) is 0 Å². The summed E-state index contributed by atoms with van der Waals surface area (Å²) in [4.78, 5) is 14.9. The highest BCUT2D eigenvalue weighted by atomic mass is 32.1. The Bertz CT molecular complexity index is 294. The van der Waals surface area contributed by atoms with Crippen LogP contribution < -0.4 is 0 Å². The van der Waals surface area contributed by atoms with Crippen LogP contribution in [0.15, 0.2) is 6.20 Å². The van der Waals surface area contributed by atoms with Crippen molar-refractivity contribution in [1.29, 1.82) is 0 Å². The zero-order valence-corrected chi connectivity index (χ0v) is 8.60. The second-order valence-electron chi connectivity index (χ2n) is 3.36. The first-order chi connectivity index (χ1) is 6.09. The Morgan fingerprint density at radius 1 is 1.69 bits per heavy atom. The molecule has 0 radical (unpaired) electrons. The number of nitrogens with zero attached hydrogens (tertiary/aromatic N) is 1. The van der Waals surface area contributed by atoms with Crippen LogP contribution in [0.4, 0.5) is 0 Å². The number of aryl methyl sites for hydroxylation is 1. The van der Waals surface area contributed by atoms with Crippen LogP contribution in [-0.2, 0) is 6.42 Å². The molecule has 0 atom stereocenters. The van der Waals surface area contributed by atoms with E-state index in [4.69, 9.17) is 5.11 Å². The summed E-state index contributed by atoms with van der Waals surface area (Å²) in [6.45, 7) is 4.29. The first kappa shape index (κ1) is 10.2. The minimum Gasteiger partial charge on any atom is -0.477 e. The lowest BCUT2D eigenvalue weighted by atomic mass is 10.1. The Morgan fingerprint density at radius 3 is 2.85 bits per heavy atom. The van der Waals surface area contributed by atoms with Crippen molar-refractivity contribution in [2.75, 3.05) is 0 Å². The van der Waals surface area contributed by atoms with E-state index >= 15 is 0 Å². The number of hydrogen-bond acceptors (Lipinski definition) is 3. The van der Waals surface area contributed by atoms with Gasteiger partial charge in [0, 0.05) is 0 Å². The number of carbonyl (C=O) groups is 1. The van der Waals surface area contributed by atoms with Crippen LogP contribution in [-0.4, -0.2) is 16.1 Å². The minimum absolute atomic E-state index is 0.332. The Hall–Kier alpha value is -0.900. The molecule has 0 saturated heterocycles. The van der Waals surface area contributed by atoms with E-state index in [-0.39, 0.29) is 0 Å². The lowest BCUT2D eigenvalue weighted by Gasteiger charge is -1.99. The zero-order valence-electron chi connectivity index (χ0n) is 7.78. The Morgan fingerprint density at radius 2 is 2.38 bits per heavy atom. The van der Waals surface area contributed by atoms with Gasteiger partial charge in [-0.1, -0.05) is 13.8 Å². The minimum atomic E-state index is -0.881. The molecule has 13 heavy (non-hydrogen) atoms. The molecule has 0 bridgehead atoms. The first-order valence-electron chi connectivity index (χ1n) is 4.27. The average molecular weight is 199 g/mol. The predicted octanol–water partition coefficient (Wildman–Crippen LogP) is 2.43. The maximum absolute atomic E-state index is 10.5. The maximum atomic E-state index is 10.5. The largest absolute Gasteiger partial charge is 0.477 e. The molecule has 0 saturated carbocycles. The van der Waals surface area contributed by atoms with Crippen molar-refractivity contribution in [3.63, 3.8) is 0 Å². The molecule has 1 aromatic rings. The van der Waals surface area contributed by atoms with E-state index in [2.05, 4.69) is 18.8 Å². The molecule has 1 N–H and O–H groups in total. The highest BCUT2D eigenvalue weighted by molar-refractivity contribution is 7.13. The lowest BCUT2D eigenvalue weighted by Crippen LogP contribution is -1.91. The van der Waals surface area contributed by atoms with Gasteiger partial charge in [0.05, 0.1) is 11.2 Å². The van der Waals surface area contributed by atoms with Crippen LogP contribution in [0.1, 0.15) is 34.9 Å².